The van der Waals surface area contributed by atoms with E-state index in [-0.39, 0.29) is 5.91 Å². The Morgan fingerprint density at radius 3 is 2.06 bits per heavy atom. The molecule has 31 heavy (non-hydrogen) atoms. The fourth-order valence-corrected chi connectivity index (χ4v) is 3.85. The van der Waals surface area contributed by atoms with Gasteiger partial charge in [0.25, 0.3) is 0 Å². The minimum Gasteiger partial charge on any atom is -0.440 e. The zero-order valence-electron chi connectivity index (χ0n) is 18.1. The molecule has 1 heterocycles. The molecule has 0 radical (unpaired) electrons. The molecule has 0 aliphatic carbocycles. The Morgan fingerprint density at radius 2 is 1.45 bits per heavy atom. The molecular weight excluding hydrogens is 384 g/mol. The summed E-state index contributed by atoms with van der Waals surface area (Å²) in [7, 11) is 0. The van der Waals surface area contributed by atoms with Crippen LogP contribution in [-0.2, 0) is 11.2 Å². The second kappa shape index (κ2) is 9.00. The Balaban J connectivity index is 1.54. The van der Waals surface area contributed by atoms with Crippen LogP contribution in [0.2, 0.25) is 0 Å². The van der Waals surface area contributed by atoms with E-state index in [1.54, 1.807) is 0 Å². The van der Waals surface area contributed by atoms with Gasteiger partial charge in [-0.25, -0.2) is 4.98 Å². The van der Waals surface area contributed by atoms with E-state index in [1.807, 2.05) is 74.5 Å². The number of nitrogens with zero attached hydrogens (tertiary/aromatic N) is 1. The Bertz CT molecular complexity index is 1110. The van der Waals surface area contributed by atoms with Crippen molar-refractivity contribution in [3.8, 4) is 22.6 Å². The Morgan fingerprint density at radius 1 is 0.871 bits per heavy atom. The lowest BCUT2D eigenvalue weighted by atomic mass is 10.0. The molecule has 0 aliphatic rings. The number of amides is 1. The Labute approximate surface area is 183 Å². The smallest absolute Gasteiger partial charge is 0.224 e. The Hall–Kier alpha value is -3.66. The van der Waals surface area contributed by atoms with E-state index in [4.69, 9.17) is 9.40 Å². The minimum atomic E-state index is -0.0456. The third-order valence-electron chi connectivity index (χ3n) is 5.26. The van der Waals surface area contributed by atoms with E-state index in [0.29, 0.717) is 18.7 Å². The average molecular weight is 411 g/mol. The monoisotopic (exact) mass is 410 g/mol. The second-order valence-corrected chi connectivity index (χ2v) is 7.84. The van der Waals surface area contributed by atoms with E-state index in [9.17, 15) is 4.79 Å². The number of aryl methyl sites for hydroxylation is 4. The number of rotatable bonds is 6. The maximum Gasteiger partial charge on any atom is 0.224 e. The molecule has 0 fully saturated rings. The molecule has 1 aromatic heterocycles. The van der Waals surface area contributed by atoms with Crippen molar-refractivity contribution in [2.24, 2.45) is 0 Å². The molecule has 156 valence electrons. The maximum absolute atomic E-state index is 12.6. The van der Waals surface area contributed by atoms with Crippen molar-refractivity contribution in [2.45, 2.75) is 33.6 Å². The fourth-order valence-electron chi connectivity index (χ4n) is 3.85. The first-order valence-corrected chi connectivity index (χ1v) is 10.5. The minimum absolute atomic E-state index is 0.0456. The number of aromatic nitrogens is 1. The zero-order valence-corrected chi connectivity index (χ0v) is 18.1. The molecule has 0 spiro atoms. The lowest BCUT2D eigenvalue weighted by molar-refractivity contribution is -0.116. The van der Waals surface area contributed by atoms with Gasteiger partial charge in [0.2, 0.25) is 5.91 Å². The summed E-state index contributed by atoms with van der Waals surface area (Å²) in [5.74, 6) is 1.24. The van der Waals surface area contributed by atoms with E-state index < -0.39 is 0 Å². The SMILES string of the molecule is Cc1cc(C)c(NC(=O)CCc2nc(-c3ccccc3)c(-c3ccccc3)o2)c(C)c1. The maximum atomic E-state index is 12.6. The predicted molar refractivity (Wildman–Crippen MR) is 125 cm³/mol. The van der Waals surface area contributed by atoms with Crippen LogP contribution in [0.4, 0.5) is 5.69 Å². The van der Waals surface area contributed by atoms with Crippen LogP contribution in [-0.4, -0.2) is 10.9 Å². The number of nitrogens with one attached hydrogen (secondary N) is 1. The van der Waals surface area contributed by atoms with Gasteiger partial charge in [0.15, 0.2) is 11.7 Å². The van der Waals surface area contributed by atoms with Crippen LogP contribution in [0, 0.1) is 20.8 Å². The van der Waals surface area contributed by atoms with Crippen molar-refractivity contribution >= 4 is 11.6 Å². The number of benzene rings is 3. The van der Waals surface area contributed by atoms with Gasteiger partial charge in [-0.15, -0.1) is 0 Å². The summed E-state index contributed by atoms with van der Waals surface area (Å²) in [6.07, 6.45) is 0.734. The molecule has 0 saturated heterocycles. The van der Waals surface area contributed by atoms with Crippen molar-refractivity contribution < 1.29 is 9.21 Å². The predicted octanol–water partition coefficient (Wildman–Crippen LogP) is 6.51. The normalized spacial score (nSPS) is 10.8. The topological polar surface area (TPSA) is 55.1 Å². The summed E-state index contributed by atoms with van der Waals surface area (Å²) in [6, 6.07) is 24.1. The van der Waals surface area contributed by atoms with Gasteiger partial charge in [0.1, 0.15) is 5.69 Å². The van der Waals surface area contributed by atoms with Crippen LogP contribution in [0.25, 0.3) is 22.6 Å². The zero-order chi connectivity index (χ0) is 21.8. The molecular formula is C27H26N2O2. The highest BCUT2D eigenvalue weighted by atomic mass is 16.4. The van der Waals surface area contributed by atoms with E-state index in [2.05, 4.69) is 24.4 Å². The summed E-state index contributed by atoms with van der Waals surface area (Å²) < 4.78 is 6.13. The van der Waals surface area contributed by atoms with Gasteiger partial charge < -0.3 is 9.73 Å². The molecule has 3 aromatic carbocycles. The quantitative estimate of drug-likeness (QED) is 0.394. The fraction of sp³-hybridized carbons (Fsp3) is 0.185. The highest BCUT2D eigenvalue weighted by molar-refractivity contribution is 5.92. The molecule has 4 aromatic rings. The molecule has 0 atom stereocenters. The molecule has 0 aliphatic heterocycles. The molecule has 4 rings (SSSR count). The standard InChI is InChI=1S/C27H26N2O2/c1-18-16-19(2)25(20(3)17-18)28-23(30)14-15-24-29-26(21-10-6-4-7-11-21)27(31-24)22-12-8-5-9-13-22/h4-13,16-17H,14-15H2,1-3H3,(H,28,30). The van der Waals surface area contributed by atoms with Crippen LogP contribution >= 0.6 is 0 Å². The lowest BCUT2D eigenvalue weighted by Crippen LogP contribution is -2.14. The van der Waals surface area contributed by atoms with E-state index in [0.717, 1.165) is 39.4 Å². The molecule has 0 bridgehead atoms. The number of carbonyl (C=O) groups is 1. The van der Waals surface area contributed by atoms with Crippen LogP contribution < -0.4 is 5.32 Å². The summed E-state index contributed by atoms with van der Waals surface area (Å²) in [4.78, 5) is 17.4. The van der Waals surface area contributed by atoms with Gasteiger partial charge in [0, 0.05) is 29.7 Å². The van der Waals surface area contributed by atoms with Crippen molar-refractivity contribution in [2.75, 3.05) is 5.32 Å². The van der Waals surface area contributed by atoms with Crippen LogP contribution in [0.15, 0.2) is 77.2 Å². The van der Waals surface area contributed by atoms with Crippen molar-refractivity contribution in [1.29, 1.82) is 0 Å². The van der Waals surface area contributed by atoms with Gasteiger partial charge in [-0.3, -0.25) is 4.79 Å². The number of carbonyl (C=O) groups excluding carboxylic acids is 1. The molecule has 0 unspecified atom stereocenters. The number of hydrogen-bond acceptors (Lipinski definition) is 3. The Kier molecular flexibility index (Phi) is 5.99. The largest absolute Gasteiger partial charge is 0.440 e. The highest BCUT2D eigenvalue weighted by Gasteiger charge is 2.18. The number of hydrogen-bond donors (Lipinski definition) is 1. The van der Waals surface area contributed by atoms with Gasteiger partial charge in [-0.2, -0.15) is 0 Å². The number of anilines is 1. The van der Waals surface area contributed by atoms with E-state index >= 15 is 0 Å². The van der Waals surface area contributed by atoms with Gasteiger partial charge >= 0.3 is 0 Å². The third-order valence-corrected chi connectivity index (χ3v) is 5.26. The van der Waals surface area contributed by atoms with E-state index in [1.165, 1.54) is 5.56 Å². The summed E-state index contributed by atoms with van der Waals surface area (Å²) >= 11 is 0. The first-order valence-electron chi connectivity index (χ1n) is 10.5. The van der Waals surface area contributed by atoms with Gasteiger partial charge in [0.05, 0.1) is 0 Å². The van der Waals surface area contributed by atoms with Crippen LogP contribution in [0.3, 0.4) is 0 Å². The summed E-state index contributed by atoms with van der Waals surface area (Å²) in [5, 5.41) is 3.05. The van der Waals surface area contributed by atoms with Gasteiger partial charge in [-0.1, -0.05) is 78.4 Å². The lowest BCUT2D eigenvalue weighted by Gasteiger charge is -2.12. The highest BCUT2D eigenvalue weighted by Crippen LogP contribution is 2.33. The molecule has 1 N–H and O–H groups in total. The first kappa shape index (κ1) is 20.6. The number of oxazole rings is 1. The average Bonchev–Trinajstić information content (AvgIpc) is 3.20. The molecule has 4 heteroatoms. The summed E-state index contributed by atoms with van der Waals surface area (Å²) in [6.45, 7) is 6.09. The second-order valence-electron chi connectivity index (χ2n) is 7.84. The molecule has 4 nitrogen and oxygen atoms in total. The third kappa shape index (κ3) is 4.75. The van der Waals surface area contributed by atoms with Crippen molar-refractivity contribution in [3.63, 3.8) is 0 Å². The summed E-state index contributed by atoms with van der Waals surface area (Å²) in [5.41, 5.74) is 6.97. The van der Waals surface area contributed by atoms with Gasteiger partial charge in [-0.05, 0) is 31.9 Å². The van der Waals surface area contributed by atoms with Crippen LogP contribution in [0.5, 0.6) is 0 Å². The molecule has 0 saturated carbocycles. The van der Waals surface area contributed by atoms with Crippen LogP contribution in [0.1, 0.15) is 29.0 Å². The molecule has 1 amide bonds. The van der Waals surface area contributed by atoms with Crippen molar-refractivity contribution in [1.82, 2.24) is 4.98 Å². The van der Waals surface area contributed by atoms with Crippen molar-refractivity contribution in [3.05, 3.63) is 95.4 Å². The first-order chi connectivity index (χ1) is 15.0.